The highest BCUT2D eigenvalue weighted by atomic mass is 35.5. The number of hydrogen-bond donors (Lipinski definition) is 2. The first-order valence-electron chi connectivity index (χ1n) is 7.97. The molecule has 22 heavy (non-hydrogen) atoms. The molecule has 0 heterocycles. The fourth-order valence-corrected chi connectivity index (χ4v) is 2.84. The SMILES string of the molecule is COc1cc(CNC2CCCCCC2)ccc1OCCO.Cl. The molecule has 126 valence electrons. The Balaban J connectivity index is 0.00000242. The summed E-state index contributed by atoms with van der Waals surface area (Å²) >= 11 is 0. The predicted octanol–water partition coefficient (Wildman–Crippen LogP) is 3.30. The monoisotopic (exact) mass is 329 g/mol. The molecule has 0 aromatic heterocycles. The fourth-order valence-electron chi connectivity index (χ4n) is 2.84. The van der Waals surface area contributed by atoms with E-state index < -0.39 is 0 Å². The molecule has 0 amide bonds. The van der Waals surface area contributed by atoms with Gasteiger partial charge in [0.15, 0.2) is 11.5 Å². The summed E-state index contributed by atoms with van der Waals surface area (Å²) in [6.07, 6.45) is 8.01. The maximum absolute atomic E-state index is 8.82. The van der Waals surface area contributed by atoms with Gasteiger partial charge in [0.2, 0.25) is 0 Å². The molecule has 0 unspecified atom stereocenters. The number of halogens is 1. The van der Waals surface area contributed by atoms with Gasteiger partial charge in [-0.1, -0.05) is 31.7 Å². The lowest BCUT2D eigenvalue weighted by molar-refractivity contribution is 0.196. The van der Waals surface area contributed by atoms with Gasteiger partial charge in [0.1, 0.15) is 6.61 Å². The number of aliphatic hydroxyl groups excluding tert-OH is 1. The number of aliphatic hydroxyl groups is 1. The second kappa shape index (κ2) is 10.7. The van der Waals surface area contributed by atoms with Crippen LogP contribution in [-0.2, 0) is 6.54 Å². The maximum Gasteiger partial charge on any atom is 0.161 e. The molecule has 0 aliphatic heterocycles. The summed E-state index contributed by atoms with van der Waals surface area (Å²) in [5, 5.41) is 12.5. The van der Waals surface area contributed by atoms with E-state index in [4.69, 9.17) is 14.6 Å². The lowest BCUT2D eigenvalue weighted by Crippen LogP contribution is -2.27. The van der Waals surface area contributed by atoms with E-state index in [1.54, 1.807) is 7.11 Å². The molecule has 1 aromatic rings. The zero-order valence-electron chi connectivity index (χ0n) is 13.3. The highest BCUT2D eigenvalue weighted by Crippen LogP contribution is 2.28. The molecule has 0 saturated heterocycles. The van der Waals surface area contributed by atoms with Gasteiger partial charge in [-0.2, -0.15) is 0 Å². The van der Waals surface area contributed by atoms with Crippen LogP contribution in [0.25, 0.3) is 0 Å². The molecule has 1 aromatic carbocycles. The van der Waals surface area contributed by atoms with Crippen LogP contribution in [0.3, 0.4) is 0 Å². The van der Waals surface area contributed by atoms with E-state index >= 15 is 0 Å². The van der Waals surface area contributed by atoms with E-state index in [2.05, 4.69) is 11.4 Å². The van der Waals surface area contributed by atoms with Gasteiger partial charge >= 0.3 is 0 Å². The molecule has 2 N–H and O–H groups in total. The number of ether oxygens (including phenoxy) is 2. The summed E-state index contributed by atoms with van der Waals surface area (Å²) in [5.41, 5.74) is 1.20. The summed E-state index contributed by atoms with van der Waals surface area (Å²) in [6.45, 7) is 1.16. The van der Waals surface area contributed by atoms with E-state index in [0.29, 0.717) is 11.8 Å². The van der Waals surface area contributed by atoms with Gasteiger partial charge in [-0.25, -0.2) is 0 Å². The summed E-state index contributed by atoms with van der Waals surface area (Å²) < 4.78 is 10.8. The van der Waals surface area contributed by atoms with Gasteiger partial charge in [-0.3, -0.25) is 0 Å². The first-order chi connectivity index (χ1) is 10.3. The molecule has 2 rings (SSSR count). The lowest BCUT2D eigenvalue weighted by atomic mass is 10.1. The molecule has 1 aliphatic rings. The molecule has 0 spiro atoms. The zero-order valence-corrected chi connectivity index (χ0v) is 14.2. The quantitative estimate of drug-likeness (QED) is 0.754. The Morgan fingerprint density at radius 2 is 1.86 bits per heavy atom. The Morgan fingerprint density at radius 1 is 1.14 bits per heavy atom. The van der Waals surface area contributed by atoms with Crippen molar-refractivity contribution < 1.29 is 14.6 Å². The number of methoxy groups -OCH3 is 1. The fraction of sp³-hybridized carbons (Fsp3) is 0.647. The first-order valence-corrected chi connectivity index (χ1v) is 7.97. The number of nitrogens with one attached hydrogen (secondary N) is 1. The van der Waals surface area contributed by atoms with Gasteiger partial charge in [0.05, 0.1) is 13.7 Å². The van der Waals surface area contributed by atoms with Crippen molar-refractivity contribution in [2.24, 2.45) is 0 Å². The van der Waals surface area contributed by atoms with Crippen LogP contribution in [0.15, 0.2) is 18.2 Å². The van der Waals surface area contributed by atoms with Crippen LogP contribution >= 0.6 is 12.4 Å². The first kappa shape index (κ1) is 19.1. The van der Waals surface area contributed by atoms with Crippen molar-refractivity contribution in [3.63, 3.8) is 0 Å². The topological polar surface area (TPSA) is 50.7 Å². The van der Waals surface area contributed by atoms with Gasteiger partial charge in [-0.05, 0) is 30.5 Å². The highest BCUT2D eigenvalue weighted by molar-refractivity contribution is 5.85. The van der Waals surface area contributed by atoms with Gasteiger partial charge in [0, 0.05) is 12.6 Å². The van der Waals surface area contributed by atoms with E-state index in [1.165, 1.54) is 44.1 Å². The molecule has 1 fully saturated rings. The molecule has 5 heteroatoms. The second-order valence-electron chi connectivity index (χ2n) is 5.63. The normalized spacial score (nSPS) is 15.7. The summed E-state index contributed by atoms with van der Waals surface area (Å²) in [7, 11) is 1.64. The molecule has 1 aliphatic carbocycles. The Morgan fingerprint density at radius 3 is 2.50 bits per heavy atom. The van der Waals surface area contributed by atoms with Crippen molar-refractivity contribution in [2.75, 3.05) is 20.3 Å². The van der Waals surface area contributed by atoms with Crippen molar-refractivity contribution in [2.45, 2.75) is 51.1 Å². The molecule has 0 atom stereocenters. The van der Waals surface area contributed by atoms with Crippen molar-refractivity contribution in [1.82, 2.24) is 5.32 Å². The average Bonchev–Trinajstić information content (AvgIpc) is 2.80. The highest BCUT2D eigenvalue weighted by Gasteiger charge is 2.12. The largest absolute Gasteiger partial charge is 0.493 e. The van der Waals surface area contributed by atoms with Crippen molar-refractivity contribution in [3.8, 4) is 11.5 Å². The minimum atomic E-state index is 0. The Kier molecular flexibility index (Phi) is 9.28. The third-order valence-corrected chi connectivity index (χ3v) is 4.03. The smallest absolute Gasteiger partial charge is 0.161 e. The third kappa shape index (κ3) is 6.03. The van der Waals surface area contributed by atoms with Gasteiger partial charge < -0.3 is 19.9 Å². The minimum absolute atomic E-state index is 0. The lowest BCUT2D eigenvalue weighted by Gasteiger charge is -2.17. The number of rotatable bonds is 7. The third-order valence-electron chi connectivity index (χ3n) is 4.03. The van der Waals surface area contributed by atoms with Crippen molar-refractivity contribution in [3.05, 3.63) is 23.8 Å². The second-order valence-corrected chi connectivity index (χ2v) is 5.63. The van der Waals surface area contributed by atoms with Crippen LogP contribution in [0, 0.1) is 0 Å². The molecule has 0 bridgehead atoms. The van der Waals surface area contributed by atoms with E-state index in [-0.39, 0.29) is 25.6 Å². The van der Waals surface area contributed by atoms with E-state index in [0.717, 1.165) is 12.3 Å². The van der Waals surface area contributed by atoms with Gasteiger partial charge in [-0.15, -0.1) is 12.4 Å². The maximum atomic E-state index is 8.82. The van der Waals surface area contributed by atoms with Crippen molar-refractivity contribution in [1.29, 1.82) is 0 Å². The molecule has 4 nitrogen and oxygen atoms in total. The van der Waals surface area contributed by atoms with Crippen molar-refractivity contribution >= 4 is 12.4 Å². The van der Waals surface area contributed by atoms with Crippen LogP contribution < -0.4 is 14.8 Å². The molecular formula is C17H28ClNO3. The van der Waals surface area contributed by atoms with E-state index in [9.17, 15) is 0 Å². The minimum Gasteiger partial charge on any atom is -0.493 e. The van der Waals surface area contributed by atoms with Crippen LogP contribution in [0.4, 0.5) is 0 Å². The van der Waals surface area contributed by atoms with Crippen LogP contribution in [0.5, 0.6) is 11.5 Å². The molecular weight excluding hydrogens is 302 g/mol. The molecule has 0 radical (unpaired) electrons. The Bertz CT molecular complexity index is 420. The molecule has 1 saturated carbocycles. The summed E-state index contributed by atoms with van der Waals surface area (Å²) in [6, 6.07) is 6.62. The number of hydrogen-bond acceptors (Lipinski definition) is 4. The summed E-state index contributed by atoms with van der Waals surface area (Å²) in [4.78, 5) is 0. The summed E-state index contributed by atoms with van der Waals surface area (Å²) in [5.74, 6) is 1.41. The standard InChI is InChI=1S/C17H27NO3.ClH/c1-20-17-12-14(8-9-16(17)21-11-10-19)13-18-15-6-4-2-3-5-7-15;/h8-9,12,15,18-19H,2-7,10-11,13H2,1H3;1H. The predicted molar refractivity (Wildman–Crippen MR) is 91.2 cm³/mol. The van der Waals surface area contributed by atoms with Crippen LogP contribution in [-0.4, -0.2) is 31.5 Å². The van der Waals surface area contributed by atoms with Crippen LogP contribution in [0.1, 0.15) is 44.1 Å². The van der Waals surface area contributed by atoms with Gasteiger partial charge in [0.25, 0.3) is 0 Å². The Hall–Kier alpha value is -0.970. The Labute approximate surface area is 139 Å². The average molecular weight is 330 g/mol. The van der Waals surface area contributed by atoms with E-state index in [1.807, 2.05) is 12.1 Å². The van der Waals surface area contributed by atoms with Crippen LogP contribution in [0.2, 0.25) is 0 Å². The number of benzene rings is 1. The zero-order chi connectivity index (χ0) is 14.9.